The van der Waals surface area contributed by atoms with Crippen LogP contribution in [0.3, 0.4) is 0 Å². The van der Waals surface area contributed by atoms with Gasteiger partial charge >= 0.3 is 0 Å². The third-order valence-corrected chi connectivity index (χ3v) is 2.15. The van der Waals surface area contributed by atoms with Crippen molar-refractivity contribution in [3.8, 4) is 0 Å². The molecule has 2 atom stereocenters. The fourth-order valence-corrected chi connectivity index (χ4v) is 1.05. The van der Waals surface area contributed by atoms with Crippen LogP contribution in [0.1, 0.15) is 33.6 Å². The highest BCUT2D eigenvalue weighted by molar-refractivity contribution is 4.97. The molecule has 10 heavy (non-hydrogen) atoms. The molecule has 0 bridgehead atoms. The smallest absolute Gasteiger partial charge is 0.0842 e. The molecule has 0 N–H and O–H groups in total. The molecule has 1 heterocycles. The van der Waals surface area contributed by atoms with Crippen LogP contribution in [-0.2, 0) is 4.74 Å². The number of hydrogen-bond acceptors (Lipinski definition) is 1. The van der Waals surface area contributed by atoms with Gasteiger partial charge in [-0.15, -0.1) is 0 Å². The fraction of sp³-hybridized carbons (Fsp3) is 0.778. The summed E-state index contributed by atoms with van der Waals surface area (Å²) in [4.78, 5) is 0. The number of hydrogen-bond donors (Lipinski definition) is 0. The van der Waals surface area contributed by atoms with Crippen LogP contribution >= 0.6 is 0 Å². The number of ether oxygens (including phenoxy) is 1. The molecular formula is C9H16O. The van der Waals surface area contributed by atoms with Crippen LogP contribution < -0.4 is 0 Å². The third kappa shape index (κ3) is 2.14. The predicted molar refractivity (Wildman–Crippen MR) is 43.0 cm³/mol. The average molecular weight is 140 g/mol. The minimum absolute atomic E-state index is 0.532. The normalized spacial score (nSPS) is 32.5. The van der Waals surface area contributed by atoms with Crippen molar-refractivity contribution in [3.05, 3.63) is 11.6 Å². The van der Waals surface area contributed by atoms with E-state index in [1.54, 1.807) is 0 Å². The third-order valence-electron chi connectivity index (χ3n) is 2.15. The summed E-state index contributed by atoms with van der Waals surface area (Å²) in [6.45, 7) is 6.40. The van der Waals surface area contributed by atoms with Gasteiger partial charge in [-0.05, 0) is 33.6 Å². The molecule has 1 aliphatic rings. The van der Waals surface area contributed by atoms with E-state index in [1.165, 1.54) is 18.4 Å². The Morgan fingerprint density at radius 1 is 1.60 bits per heavy atom. The molecule has 0 aromatic heterocycles. The highest BCUT2D eigenvalue weighted by Crippen LogP contribution is 2.26. The quantitative estimate of drug-likeness (QED) is 0.433. The summed E-state index contributed by atoms with van der Waals surface area (Å²) in [5.74, 6) is 0. The van der Waals surface area contributed by atoms with Crippen LogP contribution in [0.2, 0.25) is 0 Å². The largest absolute Gasteiger partial charge is 0.370 e. The summed E-state index contributed by atoms with van der Waals surface area (Å²) in [7, 11) is 0. The van der Waals surface area contributed by atoms with Gasteiger partial charge in [-0.1, -0.05) is 11.6 Å². The van der Waals surface area contributed by atoms with Gasteiger partial charge in [0.15, 0.2) is 0 Å². The zero-order chi connectivity index (χ0) is 7.56. The first-order valence-electron chi connectivity index (χ1n) is 4.01. The van der Waals surface area contributed by atoms with E-state index < -0.39 is 0 Å². The van der Waals surface area contributed by atoms with Gasteiger partial charge in [0.05, 0.1) is 12.2 Å². The second-order valence-corrected chi connectivity index (χ2v) is 3.05. The Morgan fingerprint density at radius 2 is 2.20 bits per heavy atom. The van der Waals surface area contributed by atoms with E-state index in [4.69, 9.17) is 4.74 Å². The van der Waals surface area contributed by atoms with Crippen molar-refractivity contribution in [1.29, 1.82) is 0 Å². The van der Waals surface area contributed by atoms with E-state index in [-0.39, 0.29) is 0 Å². The van der Waals surface area contributed by atoms with Crippen LogP contribution in [0.5, 0.6) is 0 Å². The second-order valence-electron chi connectivity index (χ2n) is 3.05. The lowest BCUT2D eigenvalue weighted by Crippen LogP contribution is -1.89. The molecule has 0 saturated carbocycles. The number of allylic oxidation sites excluding steroid dienone is 2. The summed E-state index contributed by atoms with van der Waals surface area (Å²) >= 11 is 0. The van der Waals surface area contributed by atoms with E-state index in [0.717, 1.165) is 0 Å². The van der Waals surface area contributed by atoms with Crippen LogP contribution in [0.25, 0.3) is 0 Å². The summed E-state index contributed by atoms with van der Waals surface area (Å²) in [6, 6.07) is 0. The maximum atomic E-state index is 5.28. The molecule has 1 fully saturated rings. The Hall–Kier alpha value is -0.300. The summed E-state index contributed by atoms with van der Waals surface area (Å²) in [6.07, 6.45) is 5.68. The molecule has 0 aromatic rings. The number of rotatable bonds is 3. The van der Waals surface area contributed by atoms with Crippen LogP contribution in [0, 0.1) is 0 Å². The predicted octanol–water partition coefficient (Wildman–Crippen LogP) is 2.52. The zero-order valence-electron chi connectivity index (χ0n) is 7.05. The molecule has 0 aliphatic carbocycles. The molecule has 0 amide bonds. The first-order chi connectivity index (χ1) is 4.74. The summed E-state index contributed by atoms with van der Waals surface area (Å²) in [5.41, 5.74) is 1.47. The van der Waals surface area contributed by atoms with Gasteiger partial charge < -0.3 is 4.74 Å². The lowest BCUT2D eigenvalue weighted by Gasteiger charge is -1.95. The maximum Gasteiger partial charge on any atom is 0.0842 e. The summed E-state index contributed by atoms with van der Waals surface area (Å²) in [5, 5.41) is 0. The Labute approximate surface area is 63.1 Å². The Balaban J connectivity index is 2.06. The molecule has 0 aromatic carbocycles. The van der Waals surface area contributed by atoms with Crippen molar-refractivity contribution in [2.75, 3.05) is 0 Å². The van der Waals surface area contributed by atoms with Crippen LogP contribution in [-0.4, -0.2) is 12.2 Å². The maximum absolute atomic E-state index is 5.28. The van der Waals surface area contributed by atoms with E-state index in [2.05, 4.69) is 26.8 Å². The van der Waals surface area contributed by atoms with Crippen molar-refractivity contribution in [3.63, 3.8) is 0 Å². The Bertz CT molecular complexity index is 138. The van der Waals surface area contributed by atoms with Gasteiger partial charge in [0.2, 0.25) is 0 Å². The molecule has 58 valence electrons. The molecule has 1 rings (SSSR count). The van der Waals surface area contributed by atoms with Gasteiger partial charge in [-0.2, -0.15) is 0 Å². The van der Waals surface area contributed by atoms with Crippen LogP contribution in [0.4, 0.5) is 0 Å². The highest BCUT2D eigenvalue weighted by atomic mass is 16.6. The van der Waals surface area contributed by atoms with Crippen molar-refractivity contribution in [1.82, 2.24) is 0 Å². The molecule has 1 nitrogen and oxygen atoms in total. The van der Waals surface area contributed by atoms with Gasteiger partial charge in [-0.3, -0.25) is 0 Å². The first-order valence-corrected chi connectivity index (χ1v) is 4.01. The molecule has 0 unspecified atom stereocenters. The van der Waals surface area contributed by atoms with Crippen LogP contribution in [0.15, 0.2) is 11.6 Å². The zero-order valence-corrected chi connectivity index (χ0v) is 7.05. The molecule has 1 heteroatoms. The minimum Gasteiger partial charge on any atom is -0.370 e. The Kier molecular flexibility index (Phi) is 2.50. The average Bonchev–Trinajstić information content (AvgIpc) is 2.61. The van der Waals surface area contributed by atoms with E-state index in [1.807, 2.05) is 0 Å². The Morgan fingerprint density at radius 3 is 2.60 bits per heavy atom. The topological polar surface area (TPSA) is 12.5 Å². The van der Waals surface area contributed by atoms with Gasteiger partial charge in [-0.25, -0.2) is 0 Å². The summed E-state index contributed by atoms with van der Waals surface area (Å²) < 4.78 is 5.28. The van der Waals surface area contributed by atoms with E-state index in [0.29, 0.717) is 12.2 Å². The fourth-order valence-electron chi connectivity index (χ4n) is 1.05. The lowest BCUT2D eigenvalue weighted by molar-refractivity contribution is 0.370. The van der Waals surface area contributed by atoms with Gasteiger partial charge in [0, 0.05) is 0 Å². The van der Waals surface area contributed by atoms with Gasteiger partial charge in [0.1, 0.15) is 0 Å². The van der Waals surface area contributed by atoms with E-state index in [9.17, 15) is 0 Å². The van der Waals surface area contributed by atoms with Crippen molar-refractivity contribution < 1.29 is 4.74 Å². The lowest BCUT2D eigenvalue weighted by atomic mass is 10.1. The molecule has 1 saturated heterocycles. The standard InChI is InChI=1S/C9H16O/c1-4-7(2)5-6-9-8(3)10-9/h4,8-9H,5-6H2,1-3H3/b7-4+/t8-,9-/m0/s1. The monoisotopic (exact) mass is 140 g/mol. The van der Waals surface area contributed by atoms with Crippen molar-refractivity contribution in [2.45, 2.75) is 45.8 Å². The molecule has 0 spiro atoms. The molecule has 0 radical (unpaired) electrons. The SMILES string of the molecule is C/C=C(\C)CC[C@@H]1O[C@H]1C. The minimum atomic E-state index is 0.532. The number of epoxide rings is 1. The van der Waals surface area contributed by atoms with Crippen molar-refractivity contribution in [2.24, 2.45) is 0 Å². The molecular weight excluding hydrogens is 124 g/mol. The van der Waals surface area contributed by atoms with Crippen molar-refractivity contribution >= 4 is 0 Å². The van der Waals surface area contributed by atoms with Gasteiger partial charge in [0.25, 0.3) is 0 Å². The second kappa shape index (κ2) is 3.20. The first kappa shape index (κ1) is 7.80. The molecule has 1 aliphatic heterocycles. The van der Waals surface area contributed by atoms with E-state index >= 15 is 0 Å². The highest BCUT2D eigenvalue weighted by Gasteiger charge is 2.32.